The van der Waals surface area contributed by atoms with Crippen molar-refractivity contribution in [3.63, 3.8) is 0 Å². The number of carbonyl (C=O) groups is 1. The molecule has 0 spiro atoms. The lowest BCUT2D eigenvalue weighted by Gasteiger charge is -2.09. The molecule has 1 aromatic carbocycles. The summed E-state index contributed by atoms with van der Waals surface area (Å²) in [4.78, 5) is 12.4. The highest BCUT2D eigenvalue weighted by Crippen LogP contribution is 2.28. The zero-order valence-electron chi connectivity index (χ0n) is 14.2. The van der Waals surface area contributed by atoms with E-state index in [9.17, 15) is 4.79 Å². The Morgan fingerprint density at radius 2 is 2.08 bits per heavy atom. The summed E-state index contributed by atoms with van der Waals surface area (Å²) >= 11 is 5.97. The van der Waals surface area contributed by atoms with Gasteiger partial charge in [-0.25, -0.2) is 0 Å². The molecular weight excluding hydrogens is 342 g/mol. The second-order valence-corrected chi connectivity index (χ2v) is 6.09. The summed E-state index contributed by atoms with van der Waals surface area (Å²) in [6.45, 7) is 4.37. The van der Waals surface area contributed by atoms with E-state index in [1.807, 2.05) is 24.6 Å². The van der Waals surface area contributed by atoms with Crippen molar-refractivity contribution in [2.45, 2.75) is 20.4 Å². The molecule has 2 heterocycles. The summed E-state index contributed by atoms with van der Waals surface area (Å²) < 4.78 is 12.7. The van der Waals surface area contributed by atoms with Crippen LogP contribution in [0.5, 0.6) is 5.75 Å². The van der Waals surface area contributed by atoms with Crippen LogP contribution in [-0.4, -0.2) is 22.8 Å². The third-order valence-corrected chi connectivity index (χ3v) is 3.94. The molecule has 3 aromatic rings. The lowest BCUT2D eigenvalue weighted by atomic mass is 10.3. The van der Waals surface area contributed by atoms with Crippen LogP contribution in [0.15, 0.2) is 40.8 Å². The molecule has 0 bridgehead atoms. The maximum atomic E-state index is 12.4. The molecule has 0 aliphatic rings. The van der Waals surface area contributed by atoms with Gasteiger partial charge in [-0.2, -0.15) is 5.10 Å². The van der Waals surface area contributed by atoms with Crippen LogP contribution in [0.4, 0.5) is 5.69 Å². The van der Waals surface area contributed by atoms with Crippen LogP contribution in [0.1, 0.15) is 27.7 Å². The van der Waals surface area contributed by atoms with Gasteiger partial charge in [0.05, 0.1) is 25.0 Å². The van der Waals surface area contributed by atoms with E-state index in [4.69, 9.17) is 20.8 Å². The van der Waals surface area contributed by atoms with E-state index in [1.54, 1.807) is 30.3 Å². The van der Waals surface area contributed by atoms with Crippen LogP contribution in [0.2, 0.25) is 5.02 Å². The average molecular weight is 360 g/mol. The van der Waals surface area contributed by atoms with E-state index in [-0.39, 0.29) is 11.7 Å². The Labute approximate surface area is 150 Å². The second-order valence-electron chi connectivity index (χ2n) is 5.65. The van der Waals surface area contributed by atoms with E-state index in [2.05, 4.69) is 10.4 Å². The maximum absolute atomic E-state index is 12.4. The fourth-order valence-corrected chi connectivity index (χ4v) is 2.70. The van der Waals surface area contributed by atoms with Crippen molar-refractivity contribution >= 4 is 23.2 Å². The predicted octanol–water partition coefficient (Wildman–Crippen LogP) is 4.06. The van der Waals surface area contributed by atoms with Gasteiger partial charge in [-0.15, -0.1) is 0 Å². The highest BCUT2D eigenvalue weighted by molar-refractivity contribution is 6.31. The number of nitrogens with zero attached hydrogens (tertiary/aromatic N) is 2. The normalized spacial score (nSPS) is 10.7. The molecule has 6 nitrogen and oxygen atoms in total. The minimum Gasteiger partial charge on any atom is -0.495 e. The van der Waals surface area contributed by atoms with E-state index in [0.29, 0.717) is 28.8 Å². The molecule has 0 saturated carbocycles. The van der Waals surface area contributed by atoms with Gasteiger partial charge in [-0.1, -0.05) is 11.6 Å². The fraction of sp³-hybridized carbons (Fsp3) is 0.222. The second kappa shape index (κ2) is 7.03. The zero-order chi connectivity index (χ0) is 18.0. The number of anilines is 1. The average Bonchev–Trinajstić information content (AvgIpc) is 3.15. The Morgan fingerprint density at radius 3 is 2.76 bits per heavy atom. The highest BCUT2D eigenvalue weighted by atomic mass is 35.5. The first-order valence-electron chi connectivity index (χ1n) is 7.71. The van der Waals surface area contributed by atoms with Gasteiger partial charge in [0.25, 0.3) is 5.91 Å². The van der Waals surface area contributed by atoms with Crippen molar-refractivity contribution in [1.82, 2.24) is 9.78 Å². The summed E-state index contributed by atoms with van der Waals surface area (Å²) in [5, 5.41) is 7.63. The van der Waals surface area contributed by atoms with Crippen molar-refractivity contribution in [3.8, 4) is 5.75 Å². The van der Waals surface area contributed by atoms with Gasteiger partial charge in [-0.3, -0.25) is 9.48 Å². The Bertz CT molecular complexity index is 914. The molecule has 3 rings (SSSR count). The van der Waals surface area contributed by atoms with Crippen molar-refractivity contribution in [3.05, 3.63) is 64.3 Å². The molecule has 0 aliphatic heterocycles. The van der Waals surface area contributed by atoms with E-state index in [1.165, 1.54) is 7.11 Å². The number of hydrogen-bond acceptors (Lipinski definition) is 4. The van der Waals surface area contributed by atoms with Gasteiger partial charge >= 0.3 is 0 Å². The van der Waals surface area contributed by atoms with Crippen LogP contribution in [0.3, 0.4) is 0 Å². The Hall–Kier alpha value is -2.73. The number of aryl methyl sites for hydroxylation is 2. The molecule has 7 heteroatoms. The van der Waals surface area contributed by atoms with Gasteiger partial charge in [0.15, 0.2) is 5.76 Å². The van der Waals surface area contributed by atoms with Crippen molar-refractivity contribution in [2.24, 2.45) is 0 Å². The Balaban J connectivity index is 1.75. The van der Waals surface area contributed by atoms with Crippen LogP contribution in [0.25, 0.3) is 0 Å². The van der Waals surface area contributed by atoms with Crippen molar-refractivity contribution in [2.75, 3.05) is 12.4 Å². The predicted molar refractivity (Wildman–Crippen MR) is 95.5 cm³/mol. The molecule has 0 fully saturated rings. The number of ether oxygens (including phenoxy) is 1. The molecule has 0 saturated heterocycles. The summed E-state index contributed by atoms with van der Waals surface area (Å²) in [6.07, 6.45) is 0. The number of furan rings is 1. The van der Waals surface area contributed by atoms with Crippen molar-refractivity contribution < 1.29 is 13.9 Å². The smallest absolute Gasteiger partial charge is 0.291 e. The number of rotatable bonds is 5. The Kier molecular flexibility index (Phi) is 4.81. The molecule has 25 heavy (non-hydrogen) atoms. The monoisotopic (exact) mass is 359 g/mol. The summed E-state index contributed by atoms with van der Waals surface area (Å²) in [6, 6.07) is 10.4. The number of amides is 1. The van der Waals surface area contributed by atoms with Gasteiger partial charge in [-0.05, 0) is 50.2 Å². The molecule has 0 aliphatic carbocycles. The SMILES string of the molecule is COc1ccc(Cl)cc1NC(=O)c1ccc(Cn2nc(C)cc2C)o1. The topological polar surface area (TPSA) is 69.3 Å². The third kappa shape index (κ3) is 3.85. The van der Waals surface area contributed by atoms with Crippen LogP contribution in [-0.2, 0) is 6.54 Å². The first kappa shape index (κ1) is 17.1. The Morgan fingerprint density at radius 1 is 1.28 bits per heavy atom. The molecule has 2 aromatic heterocycles. The minimum absolute atomic E-state index is 0.207. The van der Waals surface area contributed by atoms with Crippen LogP contribution in [0, 0.1) is 13.8 Å². The van der Waals surface area contributed by atoms with Gasteiger partial charge < -0.3 is 14.5 Å². The summed E-state index contributed by atoms with van der Waals surface area (Å²) in [7, 11) is 1.53. The lowest BCUT2D eigenvalue weighted by Crippen LogP contribution is -2.12. The molecule has 0 atom stereocenters. The number of halogens is 1. The molecular formula is C18H18ClN3O3. The zero-order valence-corrected chi connectivity index (χ0v) is 14.9. The molecule has 130 valence electrons. The quantitative estimate of drug-likeness (QED) is 0.746. The minimum atomic E-state index is -0.375. The van der Waals surface area contributed by atoms with E-state index < -0.39 is 0 Å². The van der Waals surface area contributed by atoms with E-state index in [0.717, 1.165) is 11.4 Å². The molecule has 0 radical (unpaired) electrons. The number of benzene rings is 1. The first-order chi connectivity index (χ1) is 12.0. The largest absolute Gasteiger partial charge is 0.495 e. The lowest BCUT2D eigenvalue weighted by molar-refractivity contribution is 0.0994. The van der Waals surface area contributed by atoms with Gasteiger partial charge in [0.1, 0.15) is 11.5 Å². The standard InChI is InChI=1S/C18H18ClN3O3/c1-11-8-12(2)22(21-11)10-14-5-7-17(25-14)18(23)20-15-9-13(19)4-6-16(15)24-3/h4-9H,10H2,1-3H3,(H,20,23). The van der Waals surface area contributed by atoms with Crippen LogP contribution < -0.4 is 10.1 Å². The number of nitrogens with one attached hydrogen (secondary N) is 1. The van der Waals surface area contributed by atoms with Crippen LogP contribution >= 0.6 is 11.6 Å². The summed E-state index contributed by atoms with van der Waals surface area (Å²) in [5.74, 6) is 1.00. The fourth-order valence-electron chi connectivity index (χ4n) is 2.53. The summed E-state index contributed by atoms with van der Waals surface area (Å²) in [5.41, 5.74) is 2.45. The number of hydrogen-bond donors (Lipinski definition) is 1. The number of carbonyl (C=O) groups excluding carboxylic acids is 1. The number of methoxy groups -OCH3 is 1. The number of aromatic nitrogens is 2. The maximum Gasteiger partial charge on any atom is 0.291 e. The van der Waals surface area contributed by atoms with Crippen molar-refractivity contribution in [1.29, 1.82) is 0 Å². The molecule has 1 N–H and O–H groups in total. The van der Waals surface area contributed by atoms with Gasteiger partial charge in [0.2, 0.25) is 0 Å². The van der Waals surface area contributed by atoms with E-state index >= 15 is 0 Å². The highest BCUT2D eigenvalue weighted by Gasteiger charge is 2.15. The first-order valence-corrected chi connectivity index (χ1v) is 8.08. The molecule has 1 amide bonds. The molecule has 0 unspecified atom stereocenters. The third-order valence-electron chi connectivity index (χ3n) is 3.70. The van der Waals surface area contributed by atoms with Gasteiger partial charge in [0, 0.05) is 10.7 Å².